The Bertz CT molecular complexity index is 866. The summed E-state index contributed by atoms with van der Waals surface area (Å²) in [7, 11) is -6.32. The van der Waals surface area contributed by atoms with Gasteiger partial charge in [-0.05, 0) is 30.9 Å². The number of carbonyl (C=O) groups excluding carboxylic acids is 1. The fourth-order valence-electron chi connectivity index (χ4n) is 2.49. The molecular weight excluding hydrogens is 390 g/mol. The molecule has 1 aromatic carbocycles. The normalized spacial score (nSPS) is 16.9. The number of hydrogen-bond donors (Lipinski definition) is 0. The molecule has 8 nitrogen and oxygen atoms in total. The molecule has 1 aliphatic rings. The highest BCUT2D eigenvalue weighted by Crippen LogP contribution is 2.42. The molecule has 1 unspecified atom stereocenters. The number of nitro groups is 1. The van der Waals surface area contributed by atoms with Gasteiger partial charge in [-0.15, -0.1) is 0 Å². The average molecular weight is 401 g/mol. The molecule has 0 aromatic heterocycles. The van der Waals surface area contributed by atoms with Crippen molar-refractivity contribution in [1.29, 1.82) is 0 Å². The SMILES string of the molecule is CCOC(=O)C1Cc2cc([N+](=O)[O-])c(OS(=O)(=O)C(F)(F)F)c(F)c2C1. The van der Waals surface area contributed by atoms with Crippen molar-refractivity contribution in [3.8, 4) is 5.75 Å². The van der Waals surface area contributed by atoms with Gasteiger partial charge in [-0.25, -0.2) is 4.39 Å². The first-order chi connectivity index (χ1) is 11.9. The Hall–Kier alpha value is -2.44. The highest BCUT2D eigenvalue weighted by Gasteiger charge is 2.50. The number of alkyl halides is 3. The van der Waals surface area contributed by atoms with Crippen molar-refractivity contribution in [2.75, 3.05) is 6.61 Å². The monoisotopic (exact) mass is 401 g/mol. The molecule has 13 heteroatoms. The van der Waals surface area contributed by atoms with Gasteiger partial charge in [-0.1, -0.05) is 0 Å². The molecule has 1 aromatic rings. The minimum absolute atomic E-state index is 0.0102. The minimum Gasteiger partial charge on any atom is -0.466 e. The topological polar surface area (TPSA) is 113 Å². The van der Waals surface area contributed by atoms with Gasteiger partial charge in [-0.2, -0.15) is 21.6 Å². The Morgan fingerprint density at radius 1 is 1.38 bits per heavy atom. The molecule has 0 heterocycles. The molecule has 0 bridgehead atoms. The van der Waals surface area contributed by atoms with E-state index in [0.717, 1.165) is 0 Å². The maximum absolute atomic E-state index is 14.5. The third kappa shape index (κ3) is 3.57. The van der Waals surface area contributed by atoms with Gasteiger partial charge < -0.3 is 8.92 Å². The van der Waals surface area contributed by atoms with Gasteiger partial charge in [0.05, 0.1) is 17.4 Å². The van der Waals surface area contributed by atoms with Crippen molar-refractivity contribution < 1.29 is 44.6 Å². The maximum Gasteiger partial charge on any atom is 0.534 e. The van der Waals surface area contributed by atoms with Crippen LogP contribution in [-0.2, 0) is 32.5 Å². The first kappa shape index (κ1) is 19.9. The van der Waals surface area contributed by atoms with Crippen LogP contribution in [0.25, 0.3) is 0 Å². The third-order valence-electron chi connectivity index (χ3n) is 3.61. The summed E-state index contributed by atoms with van der Waals surface area (Å²) in [5, 5.41) is 11.0. The summed E-state index contributed by atoms with van der Waals surface area (Å²) in [6, 6.07) is 0.693. The second kappa shape index (κ2) is 6.70. The van der Waals surface area contributed by atoms with Crippen LogP contribution in [0.15, 0.2) is 6.07 Å². The zero-order chi connectivity index (χ0) is 19.9. The van der Waals surface area contributed by atoms with Crippen LogP contribution in [0.1, 0.15) is 18.1 Å². The summed E-state index contributed by atoms with van der Waals surface area (Å²) < 4.78 is 82.5. The van der Waals surface area contributed by atoms with Crippen molar-refractivity contribution in [2.45, 2.75) is 25.3 Å². The molecule has 0 N–H and O–H groups in total. The van der Waals surface area contributed by atoms with E-state index in [1.807, 2.05) is 0 Å². The van der Waals surface area contributed by atoms with Crippen molar-refractivity contribution in [2.24, 2.45) is 5.92 Å². The Kier molecular flexibility index (Phi) is 5.12. The number of benzene rings is 1. The highest BCUT2D eigenvalue weighted by atomic mass is 32.2. The lowest BCUT2D eigenvalue weighted by molar-refractivity contribution is -0.385. The number of halogens is 4. The summed E-state index contributed by atoms with van der Waals surface area (Å²) in [5.74, 6) is -4.91. The smallest absolute Gasteiger partial charge is 0.466 e. The zero-order valence-corrected chi connectivity index (χ0v) is 13.8. The number of nitro benzene ring substituents is 1. The summed E-state index contributed by atoms with van der Waals surface area (Å²) in [4.78, 5) is 21.5. The van der Waals surface area contributed by atoms with Gasteiger partial charge in [0.2, 0.25) is 0 Å². The van der Waals surface area contributed by atoms with Crippen LogP contribution < -0.4 is 4.18 Å². The summed E-state index contributed by atoms with van der Waals surface area (Å²) in [5.41, 5.74) is -7.54. The van der Waals surface area contributed by atoms with Crippen molar-refractivity contribution >= 4 is 21.8 Å². The quantitative estimate of drug-likeness (QED) is 0.186. The first-order valence-electron chi connectivity index (χ1n) is 7.05. The predicted molar refractivity (Wildman–Crippen MR) is 76.2 cm³/mol. The number of ether oxygens (including phenoxy) is 1. The first-order valence-corrected chi connectivity index (χ1v) is 8.45. The molecule has 0 spiro atoms. The highest BCUT2D eigenvalue weighted by molar-refractivity contribution is 7.88. The number of rotatable bonds is 5. The predicted octanol–water partition coefficient (Wildman–Crippen LogP) is 2.24. The van der Waals surface area contributed by atoms with Gasteiger partial charge >= 0.3 is 27.3 Å². The summed E-state index contributed by atoms with van der Waals surface area (Å²) >= 11 is 0. The second-order valence-electron chi connectivity index (χ2n) is 5.27. The Labute approximate surface area is 144 Å². The van der Waals surface area contributed by atoms with Gasteiger partial charge in [0.25, 0.3) is 5.75 Å². The number of fused-ring (bicyclic) bond motifs is 1. The van der Waals surface area contributed by atoms with Gasteiger partial charge in [0.1, 0.15) is 0 Å². The second-order valence-corrected chi connectivity index (χ2v) is 6.81. The van der Waals surface area contributed by atoms with Crippen LogP contribution in [0, 0.1) is 21.8 Å². The van der Waals surface area contributed by atoms with E-state index in [-0.39, 0.29) is 30.6 Å². The standard InChI is InChI=1S/C13H11F4NO7S/c1-2-24-12(19)7-3-6-5-9(18(20)21)11(10(14)8(6)4-7)25-26(22,23)13(15,16)17/h5,7H,2-4H2,1H3. The van der Waals surface area contributed by atoms with Crippen molar-refractivity contribution in [1.82, 2.24) is 0 Å². The van der Waals surface area contributed by atoms with E-state index < -0.39 is 49.7 Å². The van der Waals surface area contributed by atoms with Crippen molar-refractivity contribution in [3.05, 3.63) is 33.1 Å². The Morgan fingerprint density at radius 2 is 2.00 bits per heavy atom. The van der Waals surface area contributed by atoms with Gasteiger partial charge in [0.15, 0.2) is 5.82 Å². The molecule has 0 aliphatic heterocycles. The van der Waals surface area contributed by atoms with Crippen LogP contribution in [0.4, 0.5) is 23.2 Å². The molecule has 0 amide bonds. The van der Waals surface area contributed by atoms with Crippen LogP contribution in [0.2, 0.25) is 0 Å². The van der Waals surface area contributed by atoms with E-state index in [0.29, 0.717) is 6.07 Å². The largest absolute Gasteiger partial charge is 0.534 e. The molecular formula is C13H11F4NO7S. The molecule has 1 atom stereocenters. The molecule has 2 rings (SSSR count). The van der Waals surface area contributed by atoms with Gasteiger partial charge in [0, 0.05) is 6.07 Å². The van der Waals surface area contributed by atoms with Crippen LogP contribution >= 0.6 is 0 Å². The molecule has 0 fully saturated rings. The van der Waals surface area contributed by atoms with Crippen molar-refractivity contribution in [3.63, 3.8) is 0 Å². The van der Waals surface area contributed by atoms with Crippen LogP contribution in [-0.4, -0.2) is 31.4 Å². The molecule has 0 saturated heterocycles. The van der Waals surface area contributed by atoms with E-state index in [9.17, 15) is 40.9 Å². The molecule has 144 valence electrons. The maximum atomic E-state index is 14.5. The number of carbonyl (C=O) groups is 1. The zero-order valence-electron chi connectivity index (χ0n) is 13.0. The fraction of sp³-hybridized carbons (Fsp3) is 0.462. The molecule has 26 heavy (non-hydrogen) atoms. The van der Waals surface area contributed by atoms with E-state index in [1.165, 1.54) is 6.92 Å². The number of esters is 1. The summed E-state index contributed by atoms with van der Waals surface area (Å²) in [6.45, 7) is 1.56. The van der Waals surface area contributed by atoms with Gasteiger partial charge in [-0.3, -0.25) is 14.9 Å². The third-order valence-corrected chi connectivity index (χ3v) is 4.56. The number of hydrogen-bond acceptors (Lipinski definition) is 7. The van der Waals surface area contributed by atoms with Crippen LogP contribution in [0.3, 0.4) is 0 Å². The van der Waals surface area contributed by atoms with E-state index >= 15 is 0 Å². The Balaban J connectivity index is 2.51. The average Bonchev–Trinajstić information content (AvgIpc) is 2.93. The van der Waals surface area contributed by atoms with Crippen LogP contribution in [0.5, 0.6) is 5.75 Å². The van der Waals surface area contributed by atoms with E-state index in [4.69, 9.17) is 4.74 Å². The lowest BCUT2D eigenvalue weighted by Gasteiger charge is -2.12. The number of nitrogens with zero attached hydrogens (tertiary/aromatic N) is 1. The molecule has 0 radical (unpaired) electrons. The van der Waals surface area contributed by atoms with E-state index in [2.05, 4.69) is 4.18 Å². The lowest BCUT2D eigenvalue weighted by Crippen LogP contribution is -2.28. The minimum atomic E-state index is -6.32. The summed E-state index contributed by atoms with van der Waals surface area (Å²) in [6.07, 6.45) is -0.460. The Morgan fingerprint density at radius 3 is 2.50 bits per heavy atom. The molecule has 0 saturated carbocycles. The molecule has 1 aliphatic carbocycles. The lowest BCUT2D eigenvalue weighted by atomic mass is 10.1. The fourth-order valence-corrected chi connectivity index (χ4v) is 2.97. The van der Waals surface area contributed by atoms with E-state index in [1.54, 1.807) is 0 Å².